The van der Waals surface area contributed by atoms with Crippen molar-refractivity contribution in [1.29, 1.82) is 0 Å². The Bertz CT molecular complexity index is 687. The zero-order valence-corrected chi connectivity index (χ0v) is 14.2. The van der Waals surface area contributed by atoms with Crippen molar-refractivity contribution in [3.8, 4) is 0 Å². The van der Waals surface area contributed by atoms with E-state index in [2.05, 4.69) is 11.5 Å². The Morgan fingerprint density at radius 1 is 1.30 bits per heavy atom. The molecule has 1 heterocycles. The lowest BCUT2D eigenvalue weighted by Crippen LogP contribution is -2.13. The summed E-state index contributed by atoms with van der Waals surface area (Å²) < 4.78 is 7.16. The minimum Gasteiger partial charge on any atom is -0.465 e. The van der Waals surface area contributed by atoms with Gasteiger partial charge in [-0.15, -0.1) is 0 Å². The molecule has 124 valence electrons. The topological polar surface area (TPSA) is 48.3 Å². The quantitative estimate of drug-likeness (QED) is 0.543. The minimum atomic E-state index is -0.294. The summed E-state index contributed by atoms with van der Waals surface area (Å²) in [5, 5.41) is 0.933. The van der Waals surface area contributed by atoms with Gasteiger partial charge in [-0.05, 0) is 31.7 Å². The van der Waals surface area contributed by atoms with Gasteiger partial charge < -0.3 is 14.1 Å². The summed E-state index contributed by atoms with van der Waals surface area (Å²) in [6, 6.07) is 7.93. The fourth-order valence-electron chi connectivity index (χ4n) is 3.32. The van der Waals surface area contributed by atoms with Gasteiger partial charge in [-0.2, -0.15) is 0 Å². The number of para-hydroxylation sites is 1. The minimum absolute atomic E-state index is 0.294. The van der Waals surface area contributed by atoms with E-state index in [9.17, 15) is 9.59 Å². The van der Waals surface area contributed by atoms with Crippen LogP contribution in [0.1, 0.15) is 48.7 Å². The molecule has 0 bridgehead atoms. The predicted octanol–water partition coefficient (Wildman–Crippen LogP) is 4.13. The van der Waals surface area contributed by atoms with E-state index < -0.39 is 0 Å². The molecule has 1 unspecified atom stereocenters. The maximum absolute atomic E-state index is 12.2. The molecule has 0 N–H and O–H groups in total. The van der Waals surface area contributed by atoms with Crippen molar-refractivity contribution in [1.82, 2.24) is 4.57 Å². The normalized spacial score (nSPS) is 12.3. The van der Waals surface area contributed by atoms with E-state index in [1.807, 2.05) is 31.2 Å². The molecule has 4 heteroatoms. The Labute approximate surface area is 137 Å². The summed E-state index contributed by atoms with van der Waals surface area (Å²) in [6.45, 7) is 4.95. The molecule has 0 saturated carbocycles. The maximum Gasteiger partial charge on any atom is 0.340 e. The third-order valence-electron chi connectivity index (χ3n) is 4.45. The Kier molecular flexibility index (Phi) is 5.97. The van der Waals surface area contributed by atoms with Crippen molar-refractivity contribution >= 4 is 23.2 Å². The fraction of sp³-hybridized carbons (Fsp3) is 0.474. The molecule has 0 fully saturated rings. The van der Waals surface area contributed by atoms with Crippen LogP contribution in [0.5, 0.6) is 0 Å². The van der Waals surface area contributed by atoms with Gasteiger partial charge >= 0.3 is 5.97 Å². The van der Waals surface area contributed by atoms with E-state index in [1.165, 1.54) is 7.11 Å². The van der Waals surface area contributed by atoms with Crippen LogP contribution >= 0.6 is 0 Å². The Morgan fingerprint density at radius 3 is 2.70 bits per heavy atom. The Balaban J connectivity index is 2.45. The van der Waals surface area contributed by atoms with Crippen LogP contribution in [0, 0.1) is 12.8 Å². The number of carbonyl (C=O) groups excluding carboxylic acids is 2. The number of nitrogens with zero attached hydrogens (tertiary/aromatic N) is 1. The zero-order chi connectivity index (χ0) is 16.8. The van der Waals surface area contributed by atoms with E-state index >= 15 is 0 Å². The van der Waals surface area contributed by atoms with E-state index in [0.29, 0.717) is 17.9 Å². The van der Waals surface area contributed by atoms with Crippen LogP contribution < -0.4 is 0 Å². The number of methoxy groups -OCH3 is 1. The van der Waals surface area contributed by atoms with Crippen molar-refractivity contribution in [3.05, 3.63) is 35.5 Å². The van der Waals surface area contributed by atoms with Crippen LogP contribution in [0.3, 0.4) is 0 Å². The molecule has 0 spiro atoms. The summed E-state index contributed by atoms with van der Waals surface area (Å²) >= 11 is 0. The number of rotatable bonds is 8. The average molecular weight is 315 g/mol. The van der Waals surface area contributed by atoms with Crippen LogP contribution in [-0.4, -0.2) is 23.9 Å². The highest BCUT2D eigenvalue weighted by Crippen LogP contribution is 2.29. The summed E-state index contributed by atoms with van der Waals surface area (Å²) in [5.41, 5.74) is 2.64. The molecule has 1 aromatic carbocycles. The van der Waals surface area contributed by atoms with Crippen molar-refractivity contribution < 1.29 is 14.3 Å². The van der Waals surface area contributed by atoms with E-state index in [4.69, 9.17) is 4.74 Å². The Hall–Kier alpha value is -2.10. The lowest BCUT2D eigenvalue weighted by Gasteiger charge is -2.18. The van der Waals surface area contributed by atoms with Gasteiger partial charge in [-0.3, -0.25) is 0 Å². The van der Waals surface area contributed by atoms with Gasteiger partial charge in [0.25, 0.3) is 0 Å². The average Bonchev–Trinajstić information content (AvgIpc) is 2.84. The van der Waals surface area contributed by atoms with Gasteiger partial charge in [0.1, 0.15) is 6.29 Å². The number of fused-ring (bicyclic) bond motifs is 1. The third-order valence-corrected chi connectivity index (χ3v) is 4.45. The highest BCUT2D eigenvalue weighted by Gasteiger charge is 2.21. The lowest BCUT2D eigenvalue weighted by atomic mass is 9.98. The first kappa shape index (κ1) is 17.3. The van der Waals surface area contributed by atoms with Gasteiger partial charge in [0.15, 0.2) is 0 Å². The van der Waals surface area contributed by atoms with Crippen LogP contribution in [0.15, 0.2) is 24.3 Å². The van der Waals surface area contributed by atoms with Gasteiger partial charge in [-0.1, -0.05) is 31.5 Å². The smallest absolute Gasteiger partial charge is 0.340 e. The number of hydrogen-bond donors (Lipinski definition) is 0. The SMILES string of the molecule is CCCC(CCC=O)Cn1c(C)c(C(=O)OC)c2ccccc21. The highest BCUT2D eigenvalue weighted by molar-refractivity contribution is 6.05. The predicted molar refractivity (Wildman–Crippen MR) is 91.7 cm³/mol. The first-order valence-electron chi connectivity index (χ1n) is 8.23. The number of carbonyl (C=O) groups is 2. The van der Waals surface area contributed by atoms with Gasteiger partial charge in [0.05, 0.1) is 12.7 Å². The number of aromatic nitrogens is 1. The van der Waals surface area contributed by atoms with Gasteiger partial charge in [0.2, 0.25) is 0 Å². The van der Waals surface area contributed by atoms with Crippen LogP contribution in [0.2, 0.25) is 0 Å². The summed E-state index contributed by atoms with van der Waals surface area (Å²) in [5.74, 6) is 0.141. The second-order valence-corrected chi connectivity index (χ2v) is 5.98. The maximum atomic E-state index is 12.2. The molecule has 0 aliphatic heterocycles. The number of hydrogen-bond acceptors (Lipinski definition) is 3. The lowest BCUT2D eigenvalue weighted by molar-refractivity contribution is -0.108. The van der Waals surface area contributed by atoms with Crippen molar-refractivity contribution in [2.24, 2.45) is 5.92 Å². The van der Waals surface area contributed by atoms with Crippen LogP contribution in [0.25, 0.3) is 10.9 Å². The first-order chi connectivity index (χ1) is 11.1. The number of esters is 1. The van der Waals surface area contributed by atoms with Crippen LogP contribution in [0.4, 0.5) is 0 Å². The third kappa shape index (κ3) is 3.63. The number of aldehydes is 1. The molecule has 0 amide bonds. The molecule has 0 aliphatic carbocycles. The number of benzene rings is 1. The molecule has 2 aromatic rings. The molecular formula is C19H25NO3. The molecular weight excluding hydrogens is 290 g/mol. The largest absolute Gasteiger partial charge is 0.465 e. The molecule has 1 atom stereocenters. The summed E-state index contributed by atoms with van der Waals surface area (Å²) in [7, 11) is 1.41. The van der Waals surface area contributed by atoms with E-state index in [1.54, 1.807) is 0 Å². The second kappa shape index (κ2) is 7.95. The molecule has 23 heavy (non-hydrogen) atoms. The van der Waals surface area contributed by atoms with Gasteiger partial charge in [-0.25, -0.2) is 4.79 Å². The second-order valence-electron chi connectivity index (χ2n) is 5.98. The Morgan fingerprint density at radius 2 is 2.04 bits per heavy atom. The van der Waals surface area contributed by atoms with Gasteiger partial charge in [0, 0.05) is 29.6 Å². The van der Waals surface area contributed by atoms with E-state index in [0.717, 1.165) is 48.7 Å². The van der Waals surface area contributed by atoms with E-state index in [-0.39, 0.29) is 5.97 Å². The highest BCUT2D eigenvalue weighted by atomic mass is 16.5. The standard InChI is InChI=1S/C19H25NO3/c1-4-8-15(9-7-12-21)13-20-14(2)18(19(22)23-3)16-10-5-6-11-17(16)20/h5-6,10-12,15H,4,7-9,13H2,1-3H3. The monoisotopic (exact) mass is 315 g/mol. The van der Waals surface area contributed by atoms with Crippen LogP contribution in [-0.2, 0) is 16.1 Å². The molecule has 4 nitrogen and oxygen atoms in total. The molecule has 0 radical (unpaired) electrons. The molecule has 0 saturated heterocycles. The zero-order valence-electron chi connectivity index (χ0n) is 14.2. The molecule has 0 aliphatic rings. The fourth-order valence-corrected chi connectivity index (χ4v) is 3.32. The first-order valence-corrected chi connectivity index (χ1v) is 8.23. The van der Waals surface area contributed by atoms with Crippen molar-refractivity contribution in [2.45, 2.75) is 46.1 Å². The molecule has 1 aromatic heterocycles. The summed E-state index contributed by atoms with van der Waals surface area (Å²) in [4.78, 5) is 22.9. The summed E-state index contributed by atoms with van der Waals surface area (Å²) in [6.07, 6.45) is 4.63. The van der Waals surface area contributed by atoms with Crippen molar-refractivity contribution in [3.63, 3.8) is 0 Å². The number of ether oxygens (including phenoxy) is 1. The van der Waals surface area contributed by atoms with Crippen molar-refractivity contribution in [2.75, 3.05) is 7.11 Å². The molecule has 2 rings (SSSR count).